The van der Waals surface area contributed by atoms with Crippen LogP contribution in [0.15, 0.2) is 12.2 Å². The van der Waals surface area contributed by atoms with Crippen molar-refractivity contribution in [2.24, 2.45) is 11.3 Å². The molecule has 29 heavy (non-hydrogen) atoms. The van der Waals surface area contributed by atoms with Gasteiger partial charge in [0, 0.05) is 23.7 Å². The zero-order valence-corrected chi connectivity index (χ0v) is 19.5. The number of halogens is 1. The lowest BCUT2D eigenvalue weighted by Gasteiger charge is -2.58. The minimum absolute atomic E-state index is 0.206. The number of fused-ring (bicyclic) bond motifs is 1. The lowest BCUT2D eigenvalue weighted by atomic mass is 9.60. The molecular formula is C21H34ClNO5S. The van der Waals surface area contributed by atoms with E-state index in [4.69, 9.17) is 21.1 Å². The van der Waals surface area contributed by atoms with Gasteiger partial charge in [-0.3, -0.25) is 9.00 Å². The third kappa shape index (κ3) is 3.79. The Morgan fingerprint density at radius 2 is 2.10 bits per heavy atom. The van der Waals surface area contributed by atoms with Gasteiger partial charge in [0.1, 0.15) is 6.10 Å². The minimum atomic E-state index is -2.14. The molecule has 1 N–H and O–H groups in total. The Morgan fingerprint density at radius 3 is 2.66 bits per heavy atom. The standard InChI is InChI=1S/C21H34ClNO5S/c1-19(10-6-5-7-11-19)17(27-13-8-14-29(3,4)26)21-18(25)28-20(21,2)15(9-12-22)16(24)23-21/h6,10,15,17,29H,5,7-9,11-14H2,1-4H3,(H,23,24)/t15-,17-,19+,20-,21-/m0/s1. The van der Waals surface area contributed by atoms with Gasteiger partial charge in [0.25, 0.3) is 0 Å². The van der Waals surface area contributed by atoms with Gasteiger partial charge in [-0.1, -0.05) is 19.1 Å². The zero-order valence-electron chi connectivity index (χ0n) is 17.8. The molecule has 8 heteroatoms. The number of carbonyl (C=O) groups is 2. The fourth-order valence-electron chi connectivity index (χ4n) is 5.22. The van der Waals surface area contributed by atoms with Gasteiger partial charge in [-0.25, -0.2) is 4.79 Å². The Hall–Kier alpha value is -0.920. The summed E-state index contributed by atoms with van der Waals surface area (Å²) in [5, 5.41) is 2.99. The number of rotatable bonds is 9. The lowest BCUT2D eigenvalue weighted by molar-refractivity contribution is -0.249. The molecule has 0 saturated carbocycles. The highest BCUT2D eigenvalue weighted by molar-refractivity contribution is 8.01. The first kappa shape index (κ1) is 22.8. The summed E-state index contributed by atoms with van der Waals surface area (Å²) < 4.78 is 24.1. The van der Waals surface area contributed by atoms with Crippen LogP contribution in [-0.4, -0.2) is 64.1 Å². The molecule has 0 spiro atoms. The topological polar surface area (TPSA) is 81.7 Å². The third-order valence-electron chi connectivity index (χ3n) is 6.81. The van der Waals surface area contributed by atoms with Gasteiger partial charge < -0.3 is 14.8 Å². The van der Waals surface area contributed by atoms with E-state index in [1.54, 1.807) is 12.5 Å². The number of allylic oxidation sites excluding steroid dienone is 1. The van der Waals surface area contributed by atoms with E-state index in [0.29, 0.717) is 31.1 Å². The number of ether oxygens (including phenoxy) is 2. The van der Waals surface area contributed by atoms with Crippen LogP contribution in [-0.2, 0) is 29.0 Å². The molecule has 0 radical (unpaired) electrons. The average Bonchev–Trinajstić information content (AvgIpc) is 2.79. The molecule has 0 aromatic carbocycles. The van der Waals surface area contributed by atoms with E-state index < -0.39 is 44.5 Å². The zero-order chi connectivity index (χ0) is 21.5. The van der Waals surface area contributed by atoms with Gasteiger partial charge in [-0.15, -0.1) is 21.5 Å². The molecule has 3 rings (SSSR count). The van der Waals surface area contributed by atoms with Gasteiger partial charge in [0.2, 0.25) is 11.4 Å². The van der Waals surface area contributed by atoms with Crippen LogP contribution in [0.1, 0.15) is 46.0 Å². The monoisotopic (exact) mass is 447 g/mol. The molecule has 5 atom stereocenters. The van der Waals surface area contributed by atoms with Crippen molar-refractivity contribution in [3.8, 4) is 0 Å². The maximum Gasteiger partial charge on any atom is 0.339 e. The quantitative estimate of drug-likeness (QED) is 0.186. The van der Waals surface area contributed by atoms with E-state index >= 15 is 0 Å². The number of alkyl halides is 1. The van der Waals surface area contributed by atoms with E-state index in [2.05, 4.69) is 24.4 Å². The first-order valence-electron chi connectivity index (χ1n) is 10.4. The SMILES string of the molecule is C[C@@]12OC(=O)[C@]1([C@@H](OCCC[SH](C)(C)=O)[C@]1(C)C=CCCC1)NC(=O)[C@@H]2CCCl. The van der Waals surface area contributed by atoms with Gasteiger partial charge in [0.05, 0.1) is 5.92 Å². The molecule has 1 amide bonds. The maximum absolute atomic E-state index is 12.9. The van der Waals surface area contributed by atoms with Crippen molar-refractivity contribution < 1.29 is 23.3 Å². The summed E-state index contributed by atoms with van der Waals surface area (Å²) in [7, 11) is -2.14. The first-order valence-corrected chi connectivity index (χ1v) is 13.8. The molecule has 0 bridgehead atoms. The number of amides is 1. The number of nitrogens with one attached hydrogen (secondary N) is 1. The second-order valence-corrected chi connectivity index (χ2v) is 13.5. The second kappa shape index (κ2) is 7.97. The number of thiol groups is 1. The van der Waals surface area contributed by atoms with Crippen LogP contribution in [0.3, 0.4) is 0 Å². The van der Waals surface area contributed by atoms with Crippen LogP contribution < -0.4 is 5.32 Å². The molecule has 6 nitrogen and oxygen atoms in total. The van der Waals surface area contributed by atoms with Crippen LogP contribution in [0.4, 0.5) is 0 Å². The highest BCUT2D eigenvalue weighted by atomic mass is 35.5. The fourth-order valence-corrected chi connectivity index (χ4v) is 6.33. The number of esters is 1. The van der Waals surface area contributed by atoms with E-state index in [0.717, 1.165) is 19.3 Å². The smallest absolute Gasteiger partial charge is 0.339 e. The predicted octanol–water partition coefficient (Wildman–Crippen LogP) is 2.21. The van der Waals surface area contributed by atoms with Crippen LogP contribution >= 0.6 is 11.6 Å². The molecule has 2 saturated heterocycles. The van der Waals surface area contributed by atoms with E-state index in [1.165, 1.54) is 0 Å². The highest BCUT2D eigenvalue weighted by Gasteiger charge is 2.80. The molecule has 1 aliphatic carbocycles. The lowest BCUT2D eigenvalue weighted by Crippen LogP contribution is -2.81. The summed E-state index contributed by atoms with van der Waals surface area (Å²) >= 11 is 5.94. The minimum Gasteiger partial charge on any atom is -0.453 e. The first-order chi connectivity index (χ1) is 13.5. The summed E-state index contributed by atoms with van der Waals surface area (Å²) in [6.07, 6.45) is 11.1. The Balaban J connectivity index is 1.93. The largest absolute Gasteiger partial charge is 0.453 e. The molecule has 0 unspecified atom stereocenters. The van der Waals surface area contributed by atoms with Crippen LogP contribution in [0.25, 0.3) is 0 Å². The van der Waals surface area contributed by atoms with Crippen molar-refractivity contribution in [2.75, 3.05) is 30.8 Å². The van der Waals surface area contributed by atoms with Gasteiger partial charge in [-0.2, -0.15) is 0 Å². The molecule has 0 aromatic rings. The Kier molecular flexibility index (Phi) is 6.25. The average molecular weight is 448 g/mol. The molecule has 0 aromatic heterocycles. The van der Waals surface area contributed by atoms with Crippen molar-refractivity contribution in [3.05, 3.63) is 12.2 Å². The summed E-state index contributed by atoms with van der Waals surface area (Å²) in [5.41, 5.74) is -2.62. The Morgan fingerprint density at radius 1 is 1.38 bits per heavy atom. The second-order valence-electron chi connectivity index (χ2n) is 9.53. The summed E-state index contributed by atoms with van der Waals surface area (Å²) in [6.45, 7) is 4.28. The molecule has 2 aliphatic heterocycles. The Bertz CT molecular complexity index is 751. The van der Waals surface area contributed by atoms with Crippen molar-refractivity contribution in [1.82, 2.24) is 5.32 Å². The summed E-state index contributed by atoms with van der Waals surface area (Å²) in [4.78, 5) is 25.8. The third-order valence-corrected chi connectivity index (χ3v) is 8.42. The van der Waals surface area contributed by atoms with Crippen molar-refractivity contribution in [1.29, 1.82) is 0 Å². The van der Waals surface area contributed by atoms with Crippen molar-refractivity contribution >= 4 is 33.4 Å². The fraction of sp³-hybridized carbons (Fsp3) is 0.810. The summed E-state index contributed by atoms with van der Waals surface area (Å²) in [5.74, 6) is -0.240. The van der Waals surface area contributed by atoms with Crippen molar-refractivity contribution in [3.63, 3.8) is 0 Å². The van der Waals surface area contributed by atoms with Gasteiger partial charge >= 0.3 is 5.97 Å². The van der Waals surface area contributed by atoms with E-state index in [-0.39, 0.29) is 5.91 Å². The van der Waals surface area contributed by atoms with Gasteiger partial charge in [0.15, 0.2) is 5.60 Å². The predicted molar refractivity (Wildman–Crippen MR) is 116 cm³/mol. The molecular weight excluding hydrogens is 414 g/mol. The number of carbonyl (C=O) groups excluding carboxylic acids is 2. The molecule has 2 heterocycles. The van der Waals surface area contributed by atoms with Crippen LogP contribution in [0.5, 0.6) is 0 Å². The van der Waals surface area contributed by atoms with Crippen molar-refractivity contribution in [2.45, 2.75) is 63.2 Å². The molecule has 166 valence electrons. The van der Waals surface area contributed by atoms with E-state index in [1.807, 2.05) is 6.92 Å². The van der Waals surface area contributed by atoms with Crippen LogP contribution in [0.2, 0.25) is 0 Å². The van der Waals surface area contributed by atoms with Gasteiger partial charge in [-0.05, 0) is 51.5 Å². The highest BCUT2D eigenvalue weighted by Crippen LogP contribution is 2.56. The molecule has 3 aliphatic rings. The number of hydrogen-bond donors (Lipinski definition) is 2. The maximum atomic E-state index is 12.9. The Labute approximate surface area is 179 Å². The molecule has 2 fully saturated rings. The van der Waals surface area contributed by atoms with E-state index in [9.17, 15) is 13.8 Å². The van der Waals surface area contributed by atoms with Crippen LogP contribution in [0, 0.1) is 11.3 Å². The normalized spacial score (nSPS) is 38.0. The number of hydrogen-bond acceptors (Lipinski definition) is 5. The summed E-state index contributed by atoms with van der Waals surface area (Å²) in [6, 6.07) is 0.